The molecule has 0 N–H and O–H groups in total. The van der Waals surface area contributed by atoms with E-state index in [2.05, 4.69) is 11.1 Å². The maximum atomic E-state index is 12.8. The van der Waals surface area contributed by atoms with Crippen molar-refractivity contribution in [3.05, 3.63) is 20.8 Å². The summed E-state index contributed by atoms with van der Waals surface area (Å²) in [5.41, 5.74) is 0.997. The molecule has 22 heavy (non-hydrogen) atoms. The van der Waals surface area contributed by atoms with E-state index in [1.165, 1.54) is 23.1 Å². The van der Waals surface area contributed by atoms with Gasteiger partial charge in [-0.25, -0.2) is 4.98 Å². The summed E-state index contributed by atoms with van der Waals surface area (Å²) in [6, 6.07) is 2.09. The lowest BCUT2D eigenvalue weighted by Crippen LogP contribution is -2.24. The minimum absolute atomic E-state index is 0.0104. The van der Waals surface area contributed by atoms with Gasteiger partial charge in [-0.2, -0.15) is 5.26 Å². The van der Waals surface area contributed by atoms with E-state index in [1.807, 2.05) is 20.8 Å². The zero-order valence-corrected chi connectivity index (χ0v) is 14.6. The Bertz CT molecular complexity index is 759. The van der Waals surface area contributed by atoms with Crippen LogP contribution < -0.4 is 5.56 Å². The first-order chi connectivity index (χ1) is 10.6. The summed E-state index contributed by atoms with van der Waals surface area (Å²) < 4.78 is 7.02. The monoisotopic (exact) mass is 337 g/mol. The quantitative estimate of drug-likeness (QED) is 0.441. The number of fused-ring (bicyclic) bond motifs is 1. The predicted octanol–water partition coefficient (Wildman–Crippen LogP) is 3.12. The summed E-state index contributed by atoms with van der Waals surface area (Å²) in [6.07, 6.45) is 0.753. The van der Waals surface area contributed by atoms with Crippen LogP contribution in [0.25, 0.3) is 10.2 Å². The number of rotatable bonds is 7. The Morgan fingerprint density at radius 2 is 2.23 bits per heavy atom. The molecule has 5 nitrogen and oxygen atoms in total. The van der Waals surface area contributed by atoms with Crippen molar-refractivity contribution in [2.45, 2.75) is 38.9 Å². The highest BCUT2D eigenvalue weighted by atomic mass is 32.2. The van der Waals surface area contributed by atoms with Crippen LogP contribution in [0.1, 0.15) is 23.8 Å². The van der Waals surface area contributed by atoms with Gasteiger partial charge in [0.2, 0.25) is 0 Å². The average molecular weight is 337 g/mol. The van der Waals surface area contributed by atoms with E-state index in [0.29, 0.717) is 30.3 Å². The second-order valence-corrected chi connectivity index (χ2v) is 6.96. The molecule has 2 rings (SSSR count). The molecule has 118 valence electrons. The van der Waals surface area contributed by atoms with Crippen LogP contribution in [-0.2, 0) is 11.3 Å². The number of aromatic nitrogens is 2. The first-order valence-corrected chi connectivity index (χ1v) is 8.98. The second kappa shape index (κ2) is 7.77. The lowest BCUT2D eigenvalue weighted by Gasteiger charge is -2.11. The van der Waals surface area contributed by atoms with Gasteiger partial charge in [-0.1, -0.05) is 11.8 Å². The molecule has 7 heteroatoms. The van der Waals surface area contributed by atoms with Crippen LogP contribution in [0.4, 0.5) is 0 Å². The Morgan fingerprint density at radius 1 is 1.45 bits per heavy atom. The predicted molar refractivity (Wildman–Crippen MR) is 90.8 cm³/mol. The van der Waals surface area contributed by atoms with Gasteiger partial charge in [0.25, 0.3) is 5.56 Å². The molecule has 2 heterocycles. The van der Waals surface area contributed by atoms with Crippen LogP contribution in [-0.4, -0.2) is 28.5 Å². The van der Waals surface area contributed by atoms with E-state index in [9.17, 15) is 4.79 Å². The number of ether oxygens (including phenoxy) is 1. The zero-order valence-electron chi connectivity index (χ0n) is 13.0. The molecule has 2 aromatic rings. The Labute approximate surface area is 137 Å². The molecule has 0 aliphatic heterocycles. The van der Waals surface area contributed by atoms with Crippen molar-refractivity contribution in [1.29, 1.82) is 5.26 Å². The van der Waals surface area contributed by atoms with Gasteiger partial charge in [0.1, 0.15) is 4.83 Å². The van der Waals surface area contributed by atoms with E-state index < -0.39 is 0 Å². The Hall–Kier alpha value is -1.36. The molecular weight excluding hydrogens is 318 g/mol. The molecule has 0 saturated heterocycles. The number of thiophene rings is 1. The fourth-order valence-electron chi connectivity index (χ4n) is 2.18. The molecular formula is C15H19N3O2S2. The molecule has 2 aromatic heterocycles. The topological polar surface area (TPSA) is 67.9 Å². The maximum absolute atomic E-state index is 12.8. The minimum atomic E-state index is -0.0104. The Balaban J connectivity index is 2.44. The summed E-state index contributed by atoms with van der Waals surface area (Å²) in [7, 11) is 0. The molecule has 0 aromatic carbocycles. The van der Waals surface area contributed by atoms with Crippen LogP contribution in [0, 0.1) is 25.2 Å². The van der Waals surface area contributed by atoms with Gasteiger partial charge in [-0.05, 0) is 32.8 Å². The van der Waals surface area contributed by atoms with Gasteiger partial charge in [-0.15, -0.1) is 11.3 Å². The van der Waals surface area contributed by atoms with E-state index in [-0.39, 0.29) is 11.3 Å². The van der Waals surface area contributed by atoms with Crippen molar-refractivity contribution in [3.8, 4) is 6.07 Å². The highest BCUT2D eigenvalue weighted by Crippen LogP contribution is 2.28. The van der Waals surface area contributed by atoms with Crippen molar-refractivity contribution in [2.24, 2.45) is 0 Å². The number of hydrogen-bond donors (Lipinski definition) is 0. The second-order valence-electron chi connectivity index (χ2n) is 4.81. The summed E-state index contributed by atoms with van der Waals surface area (Å²) >= 11 is 2.85. The first kappa shape index (κ1) is 17.0. The van der Waals surface area contributed by atoms with E-state index >= 15 is 0 Å². The summed E-state index contributed by atoms with van der Waals surface area (Å²) in [5.74, 6) is 0.284. The molecule has 0 amide bonds. The van der Waals surface area contributed by atoms with Crippen molar-refractivity contribution >= 4 is 33.3 Å². The van der Waals surface area contributed by atoms with Gasteiger partial charge in [0, 0.05) is 24.6 Å². The zero-order chi connectivity index (χ0) is 16.1. The minimum Gasteiger partial charge on any atom is -0.382 e. The van der Waals surface area contributed by atoms with Gasteiger partial charge >= 0.3 is 0 Å². The average Bonchev–Trinajstić information content (AvgIpc) is 2.78. The van der Waals surface area contributed by atoms with Gasteiger partial charge in [-0.3, -0.25) is 9.36 Å². The lowest BCUT2D eigenvalue weighted by atomic mass is 10.2. The third-order valence-electron chi connectivity index (χ3n) is 3.39. The van der Waals surface area contributed by atoms with Crippen molar-refractivity contribution in [1.82, 2.24) is 9.55 Å². The van der Waals surface area contributed by atoms with E-state index in [4.69, 9.17) is 10.00 Å². The standard InChI is InChI=1S/C15H19N3O2S2/c1-4-20-8-5-7-18-14(19)12-10(2)11(3)22-13(12)17-15(18)21-9-6-16/h4-5,7-9H2,1-3H3. The SMILES string of the molecule is CCOCCCn1c(SCC#N)nc2sc(C)c(C)c2c1=O. The number of nitriles is 1. The van der Waals surface area contributed by atoms with Crippen LogP contribution in [0.15, 0.2) is 9.95 Å². The number of hydrogen-bond acceptors (Lipinski definition) is 6. The number of nitrogens with zero attached hydrogens (tertiary/aromatic N) is 3. The maximum Gasteiger partial charge on any atom is 0.263 e. The summed E-state index contributed by atoms with van der Waals surface area (Å²) in [4.78, 5) is 19.3. The van der Waals surface area contributed by atoms with Gasteiger partial charge < -0.3 is 4.74 Å². The molecule has 0 unspecified atom stereocenters. The van der Waals surface area contributed by atoms with Crippen molar-refractivity contribution in [2.75, 3.05) is 19.0 Å². The molecule has 0 radical (unpaired) electrons. The highest BCUT2D eigenvalue weighted by Gasteiger charge is 2.16. The molecule has 0 saturated carbocycles. The summed E-state index contributed by atoms with van der Waals surface area (Å²) in [5, 5.41) is 10.1. The largest absolute Gasteiger partial charge is 0.382 e. The molecule has 0 atom stereocenters. The Morgan fingerprint density at radius 3 is 2.91 bits per heavy atom. The molecule has 0 aliphatic carbocycles. The molecule has 0 fully saturated rings. The van der Waals surface area contributed by atoms with E-state index in [0.717, 1.165) is 21.7 Å². The van der Waals surface area contributed by atoms with Gasteiger partial charge in [0.15, 0.2) is 5.16 Å². The molecule has 0 spiro atoms. The number of thioether (sulfide) groups is 1. The molecule has 0 aliphatic rings. The molecule has 0 bridgehead atoms. The van der Waals surface area contributed by atoms with Crippen molar-refractivity contribution < 1.29 is 4.74 Å². The normalized spacial score (nSPS) is 11.0. The third-order valence-corrected chi connectivity index (χ3v) is 5.34. The first-order valence-electron chi connectivity index (χ1n) is 7.18. The van der Waals surface area contributed by atoms with Crippen LogP contribution >= 0.6 is 23.1 Å². The summed E-state index contributed by atoms with van der Waals surface area (Å²) in [6.45, 7) is 7.76. The fraction of sp³-hybridized carbons (Fsp3) is 0.533. The smallest absolute Gasteiger partial charge is 0.263 e. The Kier molecular flexibility index (Phi) is 6.00. The van der Waals surface area contributed by atoms with Crippen LogP contribution in [0.5, 0.6) is 0 Å². The van der Waals surface area contributed by atoms with Crippen LogP contribution in [0.2, 0.25) is 0 Å². The van der Waals surface area contributed by atoms with Crippen molar-refractivity contribution in [3.63, 3.8) is 0 Å². The highest BCUT2D eigenvalue weighted by molar-refractivity contribution is 7.99. The van der Waals surface area contributed by atoms with Crippen LogP contribution in [0.3, 0.4) is 0 Å². The number of aryl methyl sites for hydroxylation is 2. The lowest BCUT2D eigenvalue weighted by molar-refractivity contribution is 0.140. The van der Waals surface area contributed by atoms with Gasteiger partial charge in [0.05, 0.1) is 17.2 Å². The third kappa shape index (κ3) is 3.51. The van der Waals surface area contributed by atoms with E-state index in [1.54, 1.807) is 4.57 Å². The fourth-order valence-corrected chi connectivity index (χ4v) is 3.94.